The number of nitrogens with zero attached hydrogens (tertiary/aromatic N) is 1. The molecule has 0 saturated carbocycles. The van der Waals surface area contributed by atoms with Crippen LogP contribution in [0.2, 0.25) is 0 Å². The molecule has 0 unspecified atom stereocenters. The van der Waals surface area contributed by atoms with Crippen molar-refractivity contribution in [3.63, 3.8) is 0 Å². The lowest BCUT2D eigenvalue weighted by atomic mass is 10.1. The van der Waals surface area contributed by atoms with Crippen LogP contribution in [0.1, 0.15) is 0 Å². The number of aromatic nitrogens is 1. The number of fused-ring (bicyclic) bond motifs is 1. The Balaban J connectivity index is 2.22. The molecule has 0 atom stereocenters. The Morgan fingerprint density at radius 2 is 1.88 bits per heavy atom. The zero-order chi connectivity index (χ0) is 11.0. The first-order valence-electron chi connectivity index (χ1n) is 4.93. The molecule has 0 saturated heterocycles. The summed E-state index contributed by atoms with van der Waals surface area (Å²) < 4.78 is 18.2. The van der Waals surface area contributed by atoms with Crippen molar-refractivity contribution in [2.75, 3.05) is 0 Å². The predicted molar refractivity (Wildman–Crippen MR) is 59.4 cm³/mol. The summed E-state index contributed by atoms with van der Waals surface area (Å²) in [7, 11) is 0. The van der Waals surface area contributed by atoms with Crippen molar-refractivity contribution >= 4 is 11.1 Å². The van der Waals surface area contributed by atoms with Gasteiger partial charge in [-0.25, -0.2) is 4.39 Å². The van der Waals surface area contributed by atoms with Crippen molar-refractivity contribution in [2.45, 2.75) is 0 Å². The topological polar surface area (TPSA) is 26.0 Å². The van der Waals surface area contributed by atoms with Gasteiger partial charge in [0.15, 0.2) is 5.58 Å². The first-order chi connectivity index (χ1) is 7.84. The summed E-state index contributed by atoms with van der Waals surface area (Å²) in [5.74, 6) is -0.246. The van der Waals surface area contributed by atoms with Crippen LogP contribution >= 0.6 is 0 Å². The van der Waals surface area contributed by atoms with Gasteiger partial charge in [0.25, 0.3) is 0 Å². The highest BCUT2D eigenvalue weighted by Crippen LogP contribution is 2.28. The molecule has 0 amide bonds. The molecule has 2 aromatic heterocycles. The molecular weight excluding hydrogens is 205 g/mol. The second kappa shape index (κ2) is 3.45. The fraction of sp³-hybridized carbons (Fsp3) is 0. The number of halogens is 1. The first-order valence-corrected chi connectivity index (χ1v) is 4.93. The van der Waals surface area contributed by atoms with E-state index in [-0.39, 0.29) is 5.82 Å². The summed E-state index contributed by atoms with van der Waals surface area (Å²) in [5.41, 5.74) is 3.32. The average Bonchev–Trinajstić information content (AvgIpc) is 2.74. The number of rotatable bonds is 1. The zero-order valence-electron chi connectivity index (χ0n) is 8.35. The molecular formula is C13H8FNO. The van der Waals surface area contributed by atoms with E-state index >= 15 is 0 Å². The van der Waals surface area contributed by atoms with E-state index in [1.54, 1.807) is 24.6 Å². The Hall–Kier alpha value is -2.16. The maximum Gasteiger partial charge on any atom is 0.152 e. The Kier molecular flexibility index (Phi) is 1.96. The number of hydrogen-bond acceptors (Lipinski definition) is 2. The van der Waals surface area contributed by atoms with Gasteiger partial charge in [0.05, 0.1) is 0 Å². The maximum atomic E-state index is 12.8. The number of furan rings is 1. The Bertz CT molecular complexity index is 628. The standard InChI is InChI=1S/C13H8FNO/c14-10-5-3-9(4-6-10)11-8-16-12-2-1-7-15-13(11)12/h1-8H. The summed E-state index contributed by atoms with van der Waals surface area (Å²) >= 11 is 0. The molecule has 0 aliphatic heterocycles. The summed E-state index contributed by atoms with van der Waals surface area (Å²) in [6, 6.07) is 9.96. The summed E-state index contributed by atoms with van der Waals surface area (Å²) in [4.78, 5) is 4.25. The van der Waals surface area contributed by atoms with Crippen LogP contribution in [0.4, 0.5) is 4.39 Å². The van der Waals surface area contributed by atoms with Crippen LogP contribution in [-0.2, 0) is 0 Å². The summed E-state index contributed by atoms with van der Waals surface area (Å²) in [6.07, 6.45) is 3.36. The van der Waals surface area contributed by atoms with Crippen molar-refractivity contribution in [3.8, 4) is 11.1 Å². The van der Waals surface area contributed by atoms with Gasteiger partial charge in [-0.2, -0.15) is 0 Å². The molecule has 0 aliphatic rings. The van der Waals surface area contributed by atoms with E-state index in [2.05, 4.69) is 4.98 Å². The van der Waals surface area contributed by atoms with Crippen molar-refractivity contribution in [2.24, 2.45) is 0 Å². The normalized spacial score (nSPS) is 10.8. The number of benzene rings is 1. The molecule has 2 heterocycles. The second-order valence-electron chi connectivity index (χ2n) is 3.51. The van der Waals surface area contributed by atoms with Crippen LogP contribution in [0, 0.1) is 5.82 Å². The Morgan fingerprint density at radius 1 is 1.06 bits per heavy atom. The molecule has 0 fully saturated rings. The van der Waals surface area contributed by atoms with Gasteiger partial charge in [0, 0.05) is 11.8 Å². The molecule has 3 rings (SSSR count). The van der Waals surface area contributed by atoms with Gasteiger partial charge in [0.2, 0.25) is 0 Å². The van der Waals surface area contributed by atoms with Crippen LogP contribution in [-0.4, -0.2) is 4.98 Å². The Morgan fingerprint density at radius 3 is 2.69 bits per heavy atom. The highest BCUT2D eigenvalue weighted by molar-refractivity contribution is 5.90. The third kappa shape index (κ3) is 1.37. The van der Waals surface area contributed by atoms with Crippen LogP contribution in [0.25, 0.3) is 22.2 Å². The van der Waals surface area contributed by atoms with E-state index < -0.39 is 0 Å². The first kappa shape index (κ1) is 9.09. The lowest BCUT2D eigenvalue weighted by molar-refractivity contribution is 0.616. The van der Waals surface area contributed by atoms with Crippen molar-refractivity contribution in [3.05, 3.63) is 54.7 Å². The molecule has 3 heteroatoms. The Labute approximate surface area is 91.3 Å². The van der Waals surface area contributed by atoms with Crippen molar-refractivity contribution in [1.29, 1.82) is 0 Å². The lowest BCUT2D eigenvalue weighted by Gasteiger charge is -1.96. The van der Waals surface area contributed by atoms with Gasteiger partial charge < -0.3 is 4.42 Å². The van der Waals surface area contributed by atoms with E-state index in [0.29, 0.717) is 0 Å². The van der Waals surface area contributed by atoms with E-state index in [1.165, 1.54) is 12.1 Å². The molecule has 0 radical (unpaired) electrons. The van der Waals surface area contributed by atoms with Crippen LogP contribution in [0.15, 0.2) is 53.3 Å². The molecule has 2 nitrogen and oxygen atoms in total. The van der Waals surface area contributed by atoms with E-state index in [0.717, 1.165) is 22.2 Å². The molecule has 0 N–H and O–H groups in total. The smallest absolute Gasteiger partial charge is 0.152 e. The van der Waals surface area contributed by atoms with Crippen molar-refractivity contribution in [1.82, 2.24) is 4.98 Å². The third-order valence-electron chi connectivity index (χ3n) is 2.48. The van der Waals surface area contributed by atoms with E-state index in [4.69, 9.17) is 4.42 Å². The molecule has 3 aromatic rings. The minimum Gasteiger partial charge on any atom is -0.462 e. The summed E-state index contributed by atoms with van der Waals surface area (Å²) in [6.45, 7) is 0. The van der Waals surface area contributed by atoms with Crippen LogP contribution in [0.5, 0.6) is 0 Å². The van der Waals surface area contributed by atoms with Crippen LogP contribution < -0.4 is 0 Å². The molecule has 0 bridgehead atoms. The number of pyridine rings is 1. The largest absolute Gasteiger partial charge is 0.462 e. The summed E-state index contributed by atoms with van der Waals surface area (Å²) in [5, 5.41) is 0. The van der Waals surface area contributed by atoms with Crippen molar-refractivity contribution < 1.29 is 8.81 Å². The van der Waals surface area contributed by atoms with Gasteiger partial charge in [-0.05, 0) is 29.8 Å². The lowest BCUT2D eigenvalue weighted by Crippen LogP contribution is -1.79. The molecule has 1 aromatic carbocycles. The minimum absolute atomic E-state index is 0.246. The minimum atomic E-state index is -0.246. The molecule has 78 valence electrons. The fourth-order valence-corrected chi connectivity index (χ4v) is 1.70. The van der Waals surface area contributed by atoms with Gasteiger partial charge in [0.1, 0.15) is 17.6 Å². The van der Waals surface area contributed by atoms with Gasteiger partial charge >= 0.3 is 0 Å². The molecule has 0 spiro atoms. The number of hydrogen-bond donors (Lipinski definition) is 0. The monoisotopic (exact) mass is 213 g/mol. The average molecular weight is 213 g/mol. The zero-order valence-corrected chi connectivity index (χ0v) is 8.35. The van der Waals surface area contributed by atoms with Gasteiger partial charge in [-0.1, -0.05) is 12.1 Å². The second-order valence-corrected chi connectivity index (χ2v) is 3.51. The van der Waals surface area contributed by atoms with Gasteiger partial charge in [-0.15, -0.1) is 0 Å². The third-order valence-corrected chi connectivity index (χ3v) is 2.48. The quantitative estimate of drug-likeness (QED) is 0.616. The maximum absolute atomic E-state index is 12.8. The molecule has 0 aliphatic carbocycles. The highest BCUT2D eigenvalue weighted by Gasteiger charge is 2.08. The van der Waals surface area contributed by atoms with E-state index in [9.17, 15) is 4.39 Å². The predicted octanol–water partition coefficient (Wildman–Crippen LogP) is 3.63. The highest BCUT2D eigenvalue weighted by atomic mass is 19.1. The van der Waals surface area contributed by atoms with E-state index in [1.807, 2.05) is 12.1 Å². The fourth-order valence-electron chi connectivity index (χ4n) is 1.70. The van der Waals surface area contributed by atoms with Crippen LogP contribution in [0.3, 0.4) is 0 Å². The molecule has 16 heavy (non-hydrogen) atoms. The SMILES string of the molecule is Fc1ccc(-c2coc3cccnc23)cc1. The van der Waals surface area contributed by atoms with Gasteiger partial charge in [-0.3, -0.25) is 4.98 Å².